The minimum absolute atomic E-state index is 0.180. The van der Waals surface area contributed by atoms with Gasteiger partial charge in [0.25, 0.3) is 0 Å². The van der Waals surface area contributed by atoms with Crippen molar-refractivity contribution in [3.63, 3.8) is 0 Å². The number of hydrogen-bond acceptors (Lipinski definition) is 2. The van der Waals surface area contributed by atoms with E-state index in [0.29, 0.717) is 0 Å². The second-order valence-corrected chi connectivity index (χ2v) is 5.50. The van der Waals surface area contributed by atoms with Gasteiger partial charge in [0.2, 0.25) is 0 Å². The van der Waals surface area contributed by atoms with Crippen LogP contribution in [0.2, 0.25) is 0 Å². The van der Waals surface area contributed by atoms with Gasteiger partial charge in [-0.15, -0.1) is 0 Å². The molecular formula is C9H22NO3P. The van der Waals surface area contributed by atoms with Crippen LogP contribution in [0.5, 0.6) is 0 Å². The van der Waals surface area contributed by atoms with Crippen molar-refractivity contribution in [3.8, 4) is 0 Å². The lowest BCUT2D eigenvalue weighted by molar-refractivity contribution is 0.366. The lowest BCUT2D eigenvalue weighted by atomic mass is 10.1. The number of unbranched alkanes of at least 4 members (excludes halogenated alkanes) is 4. The molecule has 0 rings (SSSR count). The Morgan fingerprint density at radius 1 is 1.21 bits per heavy atom. The first-order valence-corrected chi connectivity index (χ1v) is 7.05. The van der Waals surface area contributed by atoms with E-state index in [9.17, 15) is 4.57 Å². The van der Waals surface area contributed by atoms with Gasteiger partial charge in [0, 0.05) is 6.04 Å². The molecule has 0 aromatic heterocycles. The first kappa shape index (κ1) is 14.1. The second kappa shape index (κ2) is 7.41. The lowest BCUT2D eigenvalue weighted by Crippen LogP contribution is -2.24. The molecule has 0 saturated heterocycles. The fraction of sp³-hybridized carbons (Fsp3) is 1.00. The molecule has 0 aromatic rings. The molecule has 0 aliphatic heterocycles. The van der Waals surface area contributed by atoms with E-state index in [1.807, 2.05) is 0 Å². The Hall–Kier alpha value is 0.110. The van der Waals surface area contributed by atoms with Crippen molar-refractivity contribution in [2.45, 2.75) is 51.5 Å². The first-order chi connectivity index (χ1) is 6.45. The fourth-order valence-electron chi connectivity index (χ4n) is 1.41. The van der Waals surface area contributed by atoms with E-state index >= 15 is 0 Å². The first-order valence-electron chi connectivity index (χ1n) is 5.26. The van der Waals surface area contributed by atoms with Crippen LogP contribution in [0.3, 0.4) is 0 Å². The van der Waals surface area contributed by atoms with Gasteiger partial charge < -0.3 is 15.5 Å². The third-order valence-corrected chi connectivity index (χ3v) is 3.10. The highest BCUT2D eigenvalue weighted by Gasteiger charge is 2.17. The summed E-state index contributed by atoms with van der Waals surface area (Å²) in [6, 6.07) is -0.350. The zero-order valence-electron chi connectivity index (χ0n) is 8.85. The number of hydrogen-bond donors (Lipinski definition) is 3. The summed E-state index contributed by atoms with van der Waals surface area (Å²) in [5.74, 6) is 0. The molecule has 4 N–H and O–H groups in total. The smallest absolute Gasteiger partial charge is 0.327 e. The van der Waals surface area contributed by atoms with Gasteiger partial charge in [0.05, 0.1) is 6.16 Å². The van der Waals surface area contributed by atoms with Crippen molar-refractivity contribution >= 4 is 7.60 Å². The molecule has 0 fully saturated rings. The predicted molar refractivity (Wildman–Crippen MR) is 58.3 cm³/mol. The van der Waals surface area contributed by atoms with Gasteiger partial charge in [0.15, 0.2) is 0 Å². The number of rotatable bonds is 8. The Kier molecular flexibility index (Phi) is 7.47. The summed E-state index contributed by atoms with van der Waals surface area (Å²) in [6.45, 7) is 2.15. The molecule has 4 nitrogen and oxygen atoms in total. The zero-order chi connectivity index (χ0) is 11.0. The summed E-state index contributed by atoms with van der Waals surface area (Å²) in [5, 5.41) is 0. The van der Waals surface area contributed by atoms with E-state index in [0.717, 1.165) is 19.3 Å². The number of nitrogens with two attached hydrogens (primary N) is 1. The van der Waals surface area contributed by atoms with Crippen LogP contribution >= 0.6 is 7.60 Å². The molecule has 0 bridgehead atoms. The highest BCUT2D eigenvalue weighted by atomic mass is 31.2. The molecule has 0 aliphatic rings. The summed E-state index contributed by atoms with van der Waals surface area (Å²) in [5.41, 5.74) is 5.58. The topological polar surface area (TPSA) is 83.6 Å². The van der Waals surface area contributed by atoms with E-state index in [2.05, 4.69) is 6.92 Å². The zero-order valence-corrected chi connectivity index (χ0v) is 9.75. The van der Waals surface area contributed by atoms with Crippen molar-refractivity contribution in [3.05, 3.63) is 0 Å². The maximum atomic E-state index is 10.6. The molecule has 1 atom stereocenters. The Labute approximate surface area is 86.1 Å². The monoisotopic (exact) mass is 223 g/mol. The van der Waals surface area contributed by atoms with Crippen molar-refractivity contribution in [1.82, 2.24) is 0 Å². The van der Waals surface area contributed by atoms with Crippen LogP contribution in [0.15, 0.2) is 0 Å². The second-order valence-electron chi connectivity index (χ2n) is 3.81. The van der Waals surface area contributed by atoms with Crippen molar-refractivity contribution in [2.24, 2.45) is 5.73 Å². The Bertz CT molecular complexity index is 181. The molecule has 0 saturated carbocycles. The van der Waals surface area contributed by atoms with Crippen molar-refractivity contribution < 1.29 is 14.4 Å². The van der Waals surface area contributed by atoms with E-state index in [4.69, 9.17) is 15.5 Å². The summed E-state index contributed by atoms with van der Waals surface area (Å²) < 4.78 is 10.6. The fourth-order valence-corrected chi connectivity index (χ4v) is 2.20. The van der Waals surface area contributed by atoms with Gasteiger partial charge in [-0.2, -0.15) is 0 Å². The highest BCUT2D eigenvalue weighted by Crippen LogP contribution is 2.35. The predicted octanol–water partition coefficient (Wildman–Crippen LogP) is 1.85. The molecule has 0 aliphatic carbocycles. The van der Waals surface area contributed by atoms with Crippen LogP contribution < -0.4 is 5.73 Å². The molecule has 86 valence electrons. The Morgan fingerprint density at radius 3 is 2.29 bits per heavy atom. The van der Waals surface area contributed by atoms with Crippen LogP contribution in [0.25, 0.3) is 0 Å². The van der Waals surface area contributed by atoms with E-state index < -0.39 is 7.60 Å². The van der Waals surface area contributed by atoms with Gasteiger partial charge in [-0.25, -0.2) is 0 Å². The minimum atomic E-state index is -3.91. The summed E-state index contributed by atoms with van der Waals surface area (Å²) >= 11 is 0. The van der Waals surface area contributed by atoms with Gasteiger partial charge in [-0.1, -0.05) is 39.0 Å². The van der Waals surface area contributed by atoms with Crippen LogP contribution in [0.1, 0.15) is 45.4 Å². The van der Waals surface area contributed by atoms with Crippen LogP contribution in [-0.4, -0.2) is 22.0 Å². The van der Waals surface area contributed by atoms with Crippen LogP contribution in [0.4, 0.5) is 0 Å². The van der Waals surface area contributed by atoms with E-state index in [1.54, 1.807) is 0 Å². The largest absolute Gasteiger partial charge is 0.327 e. The summed E-state index contributed by atoms with van der Waals surface area (Å²) in [4.78, 5) is 17.3. The standard InChI is InChI=1S/C9H22NO3P/c1-2-3-4-5-6-7-9(10)8-14(11,12)13/h9H,2-8,10H2,1H3,(H2,11,12,13). The molecule has 5 heteroatoms. The quantitative estimate of drug-likeness (QED) is 0.433. The molecule has 0 radical (unpaired) electrons. The van der Waals surface area contributed by atoms with Gasteiger partial charge in [0.1, 0.15) is 0 Å². The van der Waals surface area contributed by atoms with E-state index in [-0.39, 0.29) is 12.2 Å². The molecule has 1 unspecified atom stereocenters. The van der Waals surface area contributed by atoms with Crippen LogP contribution in [0, 0.1) is 0 Å². The summed E-state index contributed by atoms with van der Waals surface area (Å²) in [7, 11) is -3.91. The Balaban J connectivity index is 3.36. The maximum absolute atomic E-state index is 10.6. The normalized spacial score (nSPS) is 14.3. The molecule has 0 heterocycles. The third kappa shape index (κ3) is 10.2. The van der Waals surface area contributed by atoms with Gasteiger partial charge in [-0.05, 0) is 6.42 Å². The molecule has 0 aromatic carbocycles. The average Bonchev–Trinajstić information content (AvgIpc) is 2.00. The third-order valence-electron chi connectivity index (χ3n) is 2.15. The average molecular weight is 223 g/mol. The molecule has 0 amide bonds. The highest BCUT2D eigenvalue weighted by molar-refractivity contribution is 7.51. The minimum Gasteiger partial charge on any atom is -0.327 e. The van der Waals surface area contributed by atoms with Gasteiger partial charge in [-0.3, -0.25) is 4.57 Å². The van der Waals surface area contributed by atoms with Crippen molar-refractivity contribution in [2.75, 3.05) is 6.16 Å². The molecular weight excluding hydrogens is 201 g/mol. The lowest BCUT2D eigenvalue weighted by Gasteiger charge is -2.11. The Morgan fingerprint density at radius 2 is 1.79 bits per heavy atom. The van der Waals surface area contributed by atoms with Gasteiger partial charge >= 0.3 is 7.60 Å². The SMILES string of the molecule is CCCCCCCC(N)CP(=O)(O)O. The summed E-state index contributed by atoms with van der Waals surface area (Å²) in [6.07, 6.45) is 6.25. The maximum Gasteiger partial charge on any atom is 0.327 e. The molecule has 14 heavy (non-hydrogen) atoms. The molecule has 0 spiro atoms. The van der Waals surface area contributed by atoms with Crippen molar-refractivity contribution in [1.29, 1.82) is 0 Å². The van der Waals surface area contributed by atoms with E-state index in [1.165, 1.54) is 19.3 Å². The van der Waals surface area contributed by atoms with Crippen LogP contribution in [-0.2, 0) is 4.57 Å².